The molecule has 1 aliphatic carbocycles. The molecule has 0 saturated carbocycles. The van der Waals surface area contributed by atoms with Crippen LogP contribution in [0.4, 0.5) is 5.69 Å². The monoisotopic (exact) mass is 468 g/mol. The van der Waals surface area contributed by atoms with Gasteiger partial charge in [-0.1, -0.05) is 25.1 Å². The van der Waals surface area contributed by atoms with Crippen molar-refractivity contribution in [3.8, 4) is 10.7 Å². The number of amides is 1. The minimum atomic E-state index is -0.270. The largest absolute Gasteiger partial charge is 0.325 e. The molecule has 3 aromatic heterocycles. The number of aromatic amines is 2. The summed E-state index contributed by atoms with van der Waals surface area (Å²) in [5.74, 6) is 1.70. The molecule has 1 unspecified atom stereocenters. The number of aromatic nitrogens is 5. The number of fused-ring (bicyclic) bond motifs is 2. The first kappa shape index (κ1) is 21.0. The van der Waals surface area contributed by atoms with Gasteiger partial charge in [0.2, 0.25) is 5.91 Å². The molecule has 1 aromatic carbocycles. The first-order chi connectivity index (χ1) is 15.5. The molecule has 32 heavy (non-hydrogen) atoms. The van der Waals surface area contributed by atoms with E-state index in [1.165, 1.54) is 35.0 Å². The Bertz CT molecular complexity index is 1350. The normalized spacial score (nSPS) is 15.8. The molecule has 3 heterocycles. The number of H-pyrrole nitrogens is 2. The lowest BCUT2D eigenvalue weighted by molar-refractivity contribution is -0.113. The fourth-order valence-electron chi connectivity index (χ4n) is 4.15. The van der Waals surface area contributed by atoms with Crippen LogP contribution in [0.15, 0.2) is 34.2 Å². The van der Waals surface area contributed by atoms with Crippen molar-refractivity contribution in [3.63, 3.8) is 0 Å². The van der Waals surface area contributed by atoms with Crippen LogP contribution in [-0.4, -0.2) is 36.4 Å². The van der Waals surface area contributed by atoms with E-state index in [4.69, 9.17) is 0 Å². The predicted molar refractivity (Wildman–Crippen MR) is 128 cm³/mol. The van der Waals surface area contributed by atoms with Gasteiger partial charge in [-0.05, 0) is 55.0 Å². The Hall–Kier alpha value is -2.85. The second-order valence-electron chi connectivity index (χ2n) is 8.12. The maximum atomic E-state index is 12.4. The predicted octanol–water partition coefficient (Wildman–Crippen LogP) is 3.96. The van der Waals surface area contributed by atoms with Crippen molar-refractivity contribution in [2.45, 2.75) is 37.8 Å². The number of carbonyl (C=O) groups is 1. The van der Waals surface area contributed by atoms with Crippen LogP contribution in [-0.2, 0) is 24.7 Å². The summed E-state index contributed by atoms with van der Waals surface area (Å²) in [7, 11) is 1.94. The van der Waals surface area contributed by atoms with Crippen molar-refractivity contribution in [3.05, 3.63) is 45.2 Å². The summed E-state index contributed by atoms with van der Waals surface area (Å²) in [6.07, 6.45) is 4.81. The highest BCUT2D eigenvalue weighted by Crippen LogP contribution is 2.38. The van der Waals surface area contributed by atoms with Crippen molar-refractivity contribution >= 4 is 45.7 Å². The van der Waals surface area contributed by atoms with Gasteiger partial charge in [-0.2, -0.15) is 0 Å². The molecule has 1 amide bonds. The van der Waals surface area contributed by atoms with Gasteiger partial charge in [-0.3, -0.25) is 4.79 Å². The van der Waals surface area contributed by atoms with Crippen LogP contribution in [0.3, 0.4) is 0 Å². The number of aryl methyl sites for hydroxylation is 1. The maximum absolute atomic E-state index is 12.4. The van der Waals surface area contributed by atoms with E-state index in [0.717, 1.165) is 29.5 Å². The quantitative estimate of drug-likeness (QED) is 0.371. The zero-order valence-corrected chi connectivity index (χ0v) is 19.5. The molecule has 1 atom stereocenters. The first-order valence-electron chi connectivity index (χ1n) is 10.7. The molecular weight excluding hydrogens is 444 g/mol. The molecule has 1 aliphatic rings. The summed E-state index contributed by atoms with van der Waals surface area (Å²) in [6, 6.07) is 7.53. The van der Waals surface area contributed by atoms with Gasteiger partial charge < -0.3 is 19.9 Å². The Labute approximate surface area is 192 Å². The smallest absolute Gasteiger partial charge is 0.323 e. The second kappa shape index (κ2) is 8.59. The van der Waals surface area contributed by atoms with Crippen molar-refractivity contribution < 1.29 is 4.79 Å². The van der Waals surface area contributed by atoms with E-state index >= 15 is 0 Å². The highest BCUT2D eigenvalue weighted by atomic mass is 32.2. The third-order valence-corrected chi connectivity index (χ3v) is 8.20. The molecule has 5 rings (SSSR count). The van der Waals surface area contributed by atoms with E-state index in [2.05, 4.69) is 38.5 Å². The lowest BCUT2D eigenvalue weighted by Gasteiger charge is -2.19. The van der Waals surface area contributed by atoms with E-state index in [9.17, 15) is 9.59 Å². The molecule has 0 saturated heterocycles. The Morgan fingerprint density at radius 1 is 1.28 bits per heavy atom. The number of hydrogen-bond donors (Lipinski definition) is 3. The lowest BCUT2D eigenvalue weighted by Crippen LogP contribution is -2.14. The van der Waals surface area contributed by atoms with E-state index in [0.29, 0.717) is 21.9 Å². The zero-order valence-electron chi connectivity index (χ0n) is 17.9. The summed E-state index contributed by atoms with van der Waals surface area (Å²) in [6.45, 7) is 2.27. The van der Waals surface area contributed by atoms with Crippen LogP contribution in [0.1, 0.15) is 30.2 Å². The minimum absolute atomic E-state index is 0.144. The summed E-state index contributed by atoms with van der Waals surface area (Å²) >= 11 is 3.17. The number of carbonyl (C=O) groups excluding carboxylic acids is 1. The molecule has 8 nitrogen and oxygen atoms in total. The Kier molecular flexibility index (Phi) is 5.64. The molecule has 0 spiro atoms. The van der Waals surface area contributed by atoms with Crippen molar-refractivity contribution in [2.24, 2.45) is 13.0 Å². The van der Waals surface area contributed by atoms with Crippen molar-refractivity contribution in [1.82, 2.24) is 24.7 Å². The minimum Gasteiger partial charge on any atom is -0.325 e. The number of nitrogens with one attached hydrogen (secondary N) is 3. The molecule has 3 N–H and O–H groups in total. The van der Waals surface area contributed by atoms with Gasteiger partial charge in [0.05, 0.1) is 21.7 Å². The van der Waals surface area contributed by atoms with Crippen LogP contribution in [0.25, 0.3) is 21.7 Å². The fourth-order valence-corrected chi connectivity index (χ4v) is 6.09. The highest BCUT2D eigenvalue weighted by molar-refractivity contribution is 7.99. The number of benzene rings is 1. The SMILES string of the molecule is CCC1CCc2sc(-c3nnc(SCC(=O)Nc4ccc5[nH]c(=O)[nH]c5c4)n3C)cc2C1. The van der Waals surface area contributed by atoms with Crippen molar-refractivity contribution in [2.75, 3.05) is 11.1 Å². The van der Waals surface area contributed by atoms with Gasteiger partial charge in [-0.25, -0.2) is 4.79 Å². The molecule has 0 aliphatic heterocycles. The van der Waals surface area contributed by atoms with E-state index in [1.807, 2.05) is 23.0 Å². The van der Waals surface area contributed by atoms with Gasteiger partial charge in [-0.15, -0.1) is 21.5 Å². The van der Waals surface area contributed by atoms with Crippen LogP contribution >= 0.6 is 23.1 Å². The zero-order chi connectivity index (χ0) is 22.2. The van der Waals surface area contributed by atoms with Crippen LogP contribution in [0, 0.1) is 5.92 Å². The number of anilines is 1. The molecule has 0 bridgehead atoms. The van der Waals surface area contributed by atoms with E-state index in [1.54, 1.807) is 18.2 Å². The van der Waals surface area contributed by atoms with Gasteiger partial charge in [0.25, 0.3) is 0 Å². The Balaban J connectivity index is 1.24. The number of imidazole rings is 1. The number of nitrogens with zero attached hydrogens (tertiary/aromatic N) is 3. The fraction of sp³-hybridized carbons (Fsp3) is 0.364. The molecule has 4 aromatic rings. The Morgan fingerprint density at radius 3 is 2.97 bits per heavy atom. The van der Waals surface area contributed by atoms with Crippen LogP contribution in [0.5, 0.6) is 0 Å². The van der Waals surface area contributed by atoms with Gasteiger partial charge >= 0.3 is 5.69 Å². The van der Waals surface area contributed by atoms with Crippen molar-refractivity contribution in [1.29, 1.82) is 0 Å². The number of hydrogen-bond acceptors (Lipinski definition) is 6. The van der Waals surface area contributed by atoms with E-state index in [-0.39, 0.29) is 17.3 Å². The average Bonchev–Trinajstić information content (AvgIpc) is 3.46. The van der Waals surface area contributed by atoms with Gasteiger partial charge in [0.15, 0.2) is 11.0 Å². The van der Waals surface area contributed by atoms with Crippen LogP contribution in [0.2, 0.25) is 0 Å². The third-order valence-electron chi connectivity index (χ3n) is 5.95. The maximum Gasteiger partial charge on any atom is 0.323 e. The molecular formula is C22H24N6O2S2. The number of rotatable bonds is 6. The van der Waals surface area contributed by atoms with Crippen LogP contribution < -0.4 is 11.0 Å². The average molecular weight is 469 g/mol. The number of thioether (sulfide) groups is 1. The highest BCUT2D eigenvalue weighted by Gasteiger charge is 2.22. The summed E-state index contributed by atoms with van der Waals surface area (Å²) in [5, 5.41) is 12.3. The second-order valence-corrected chi connectivity index (χ2v) is 10.2. The molecule has 10 heteroatoms. The Morgan fingerprint density at radius 2 is 2.12 bits per heavy atom. The third kappa shape index (κ3) is 4.12. The summed E-state index contributed by atoms with van der Waals surface area (Å²) in [4.78, 5) is 31.8. The topological polar surface area (TPSA) is 108 Å². The van der Waals surface area contributed by atoms with E-state index < -0.39 is 0 Å². The summed E-state index contributed by atoms with van der Waals surface area (Å²) < 4.78 is 1.96. The molecule has 0 radical (unpaired) electrons. The standard InChI is InChI=1S/C22H24N6O2S2/c1-3-12-4-7-17-13(8-12)9-18(32-17)20-26-27-22(28(20)2)31-11-19(29)23-14-5-6-15-16(10-14)25-21(30)24-15/h5-6,9-10,12H,3-4,7-8,11H2,1-2H3,(H,23,29)(H2,24,25,30). The lowest BCUT2D eigenvalue weighted by atomic mass is 9.87. The molecule has 0 fully saturated rings. The first-order valence-corrected chi connectivity index (χ1v) is 12.5. The summed E-state index contributed by atoms with van der Waals surface area (Å²) in [5.41, 5.74) is 3.18. The molecule has 166 valence electrons. The van der Waals surface area contributed by atoms with Gasteiger partial charge in [0.1, 0.15) is 0 Å². The number of thiophene rings is 1. The van der Waals surface area contributed by atoms with Gasteiger partial charge in [0, 0.05) is 17.6 Å².